The quantitative estimate of drug-likeness (QED) is 0.404. The molecule has 218 valence electrons. The number of pyridine rings is 1. The molecule has 1 N–H and O–H groups in total. The molecule has 10 heteroatoms. The predicted octanol–water partition coefficient (Wildman–Crippen LogP) is 5.20. The Bertz CT molecular complexity index is 1370. The smallest absolute Gasteiger partial charge is 0.416 e. The number of fused-ring (bicyclic) bond motifs is 1. The van der Waals surface area contributed by atoms with Gasteiger partial charge in [-0.25, -0.2) is 4.98 Å². The molecule has 3 heterocycles. The molecule has 2 aliphatic rings. The minimum absolute atomic E-state index is 0.0755. The van der Waals surface area contributed by atoms with E-state index in [4.69, 9.17) is 4.74 Å². The van der Waals surface area contributed by atoms with Crippen molar-refractivity contribution in [2.24, 2.45) is 0 Å². The van der Waals surface area contributed by atoms with Crippen LogP contribution in [0.5, 0.6) is 11.5 Å². The van der Waals surface area contributed by atoms with Crippen LogP contribution in [0.3, 0.4) is 0 Å². The van der Waals surface area contributed by atoms with E-state index < -0.39 is 11.7 Å². The average Bonchev–Trinajstić information content (AvgIpc) is 2.97. The normalized spacial score (nSPS) is 16.4. The van der Waals surface area contributed by atoms with Gasteiger partial charge in [-0.15, -0.1) is 0 Å². The number of aromatic nitrogens is 1. The number of carbonyl (C=O) groups excluding carboxylic acids is 1. The van der Waals surface area contributed by atoms with Crippen molar-refractivity contribution in [1.82, 2.24) is 19.7 Å². The molecule has 3 aromatic rings. The van der Waals surface area contributed by atoms with Crippen LogP contribution in [0.15, 0.2) is 54.7 Å². The summed E-state index contributed by atoms with van der Waals surface area (Å²) in [5.41, 5.74) is 2.09. The fourth-order valence-corrected chi connectivity index (χ4v) is 5.48. The summed E-state index contributed by atoms with van der Waals surface area (Å²) in [5.74, 6) is 1.79. The molecular formula is C31H36F3N5O2. The van der Waals surface area contributed by atoms with E-state index in [2.05, 4.69) is 27.0 Å². The number of anilines is 1. The third-order valence-corrected chi connectivity index (χ3v) is 7.91. The Morgan fingerprint density at radius 1 is 0.951 bits per heavy atom. The molecule has 41 heavy (non-hydrogen) atoms. The second kappa shape index (κ2) is 12.5. The lowest BCUT2D eigenvalue weighted by molar-refractivity contribution is -0.138. The van der Waals surface area contributed by atoms with Gasteiger partial charge < -0.3 is 19.9 Å². The maximum atomic E-state index is 14.1. The van der Waals surface area contributed by atoms with Crippen LogP contribution >= 0.6 is 0 Å². The minimum Gasteiger partial charge on any atom is -0.457 e. The van der Waals surface area contributed by atoms with Crippen LogP contribution in [0.25, 0.3) is 0 Å². The second-order valence-corrected chi connectivity index (χ2v) is 10.6. The number of hydrogen-bond donors (Lipinski definition) is 1. The largest absolute Gasteiger partial charge is 0.457 e. The summed E-state index contributed by atoms with van der Waals surface area (Å²) in [7, 11) is 1.78. The number of carbonyl (C=O) groups is 1. The lowest BCUT2D eigenvalue weighted by Gasteiger charge is -2.34. The zero-order valence-corrected chi connectivity index (χ0v) is 23.5. The summed E-state index contributed by atoms with van der Waals surface area (Å²) in [4.78, 5) is 23.5. The van der Waals surface area contributed by atoms with Gasteiger partial charge in [-0.05, 0) is 59.5 Å². The zero-order chi connectivity index (χ0) is 29.0. The van der Waals surface area contributed by atoms with Crippen LogP contribution in [-0.4, -0.2) is 71.9 Å². The summed E-state index contributed by atoms with van der Waals surface area (Å²) in [6, 6.07) is 13.8. The highest BCUT2D eigenvalue weighted by Crippen LogP contribution is 2.34. The standard InChI is InChI=1S/C31H36F3N5O2/c1-3-37-12-14-38(15-13-37)20-24-5-4-22(16-28(24)31(32,33)34)17-30(40)39-11-9-23-6-7-26(18-25(23)21-39)41-27-8-10-36-29(19-27)35-2/h4-8,10,16,18-19H,3,9,11-15,17,20-21H2,1-2H3,(H,35,36). The number of amides is 1. The SMILES string of the molecule is CCN1CCN(Cc2ccc(CC(=O)N3CCc4ccc(Oc5ccnc(NC)c5)cc4C3)cc2C(F)(F)F)CC1. The van der Waals surface area contributed by atoms with E-state index in [1.54, 1.807) is 42.4 Å². The minimum atomic E-state index is -4.48. The third kappa shape index (κ3) is 7.18. The first-order valence-electron chi connectivity index (χ1n) is 14.1. The van der Waals surface area contributed by atoms with E-state index in [-0.39, 0.29) is 24.4 Å². The number of likely N-dealkylation sites (N-methyl/N-ethyl adjacent to an activating group) is 1. The van der Waals surface area contributed by atoms with Crippen molar-refractivity contribution >= 4 is 11.7 Å². The van der Waals surface area contributed by atoms with Gasteiger partial charge in [0.25, 0.3) is 0 Å². The van der Waals surface area contributed by atoms with E-state index in [0.29, 0.717) is 42.4 Å². The molecule has 1 amide bonds. The van der Waals surface area contributed by atoms with Gasteiger partial charge in [-0.2, -0.15) is 13.2 Å². The van der Waals surface area contributed by atoms with Crippen molar-refractivity contribution in [1.29, 1.82) is 0 Å². The molecule has 2 aliphatic heterocycles. The van der Waals surface area contributed by atoms with Gasteiger partial charge in [0, 0.05) is 65.1 Å². The molecule has 5 rings (SSSR count). The van der Waals surface area contributed by atoms with Gasteiger partial charge in [0.1, 0.15) is 17.3 Å². The number of ether oxygens (including phenoxy) is 1. The number of alkyl halides is 3. The van der Waals surface area contributed by atoms with Crippen LogP contribution in [-0.2, 0) is 36.9 Å². The Balaban J connectivity index is 1.25. The Morgan fingerprint density at radius 2 is 1.71 bits per heavy atom. The highest BCUT2D eigenvalue weighted by Gasteiger charge is 2.34. The third-order valence-electron chi connectivity index (χ3n) is 7.91. The maximum absolute atomic E-state index is 14.1. The van der Waals surface area contributed by atoms with Crippen molar-refractivity contribution < 1.29 is 22.7 Å². The highest BCUT2D eigenvalue weighted by molar-refractivity contribution is 5.79. The van der Waals surface area contributed by atoms with E-state index in [9.17, 15) is 18.0 Å². The molecule has 0 atom stereocenters. The molecule has 0 unspecified atom stereocenters. The molecule has 1 saturated heterocycles. The number of benzene rings is 2. The van der Waals surface area contributed by atoms with Gasteiger partial charge in [0.15, 0.2) is 0 Å². The molecule has 0 bridgehead atoms. The van der Waals surface area contributed by atoms with Crippen molar-refractivity contribution in [3.63, 3.8) is 0 Å². The van der Waals surface area contributed by atoms with Gasteiger partial charge in [0.05, 0.1) is 12.0 Å². The maximum Gasteiger partial charge on any atom is 0.416 e. The van der Waals surface area contributed by atoms with Crippen LogP contribution in [0.4, 0.5) is 19.0 Å². The fourth-order valence-electron chi connectivity index (χ4n) is 5.48. The molecule has 7 nitrogen and oxygen atoms in total. The first-order valence-corrected chi connectivity index (χ1v) is 14.1. The van der Waals surface area contributed by atoms with Crippen LogP contribution in [0.2, 0.25) is 0 Å². The second-order valence-electron chi connectivity index (χ2n) is 10.6. The molecule has 2 aromatic carbocycles. The Morgan fingerprint density at radius 3 is 2.44 bits per heavy atom. The molecule has 0 saturated carbocycles. The Labute approximate surface area is 238 Å². The van der Waals surface area contributed by atoms with Crippen molar-refractivity contribution in [2.75, 3.05) is 51.6 Å². The summed E-state index contributed by atoms with van der Waals surface area (Å²) >= 11 is 0. The molecule has 1 aromatic heterocycles. The fraction of sp³-hybridized carbons (Fsp3) is 0.419. The number of nitrogens with one attached hydrogen (secondary N) is 1. The van der Waals surface area contributed by atoms with E-state index in [0.717, 1.165) is 49.9 Å². The number of rotatable bonds is 8. The molecule has 0 aliphatic carbocycles. The van der Waals surface area contributed by atoms with Gasteiger partial charge in [-0.1, -0.05) is 25.1 Å². The Kier molecular flexibility index (Phi) is 8.79. The summed E-state index contributed by atoms with van der Waals surface area (Å²) in [6.45, 7) is 7.41. The van der Waals surface area contributed by atoms with Crippen molar-refractivity contribution in [2.45, 2.75) is 39.0 Å². The summed E-state index contributed by atoms with van der Waals surface area (Å²) in [6.07, 6.45) is -2.22. The molecule has 0 radical (unpaired) electrons. The van der Waals surface area contributed by atoms with Crippen LogP contribution in [0.1, 0.15) is 34.7 Å². The first-order chi connectivity index (χ1) is 19.7. The number of nitrogens with zero attached hydrogens (tertiary/aromatic N) is 4. The predicted molar refractivity (Wildman–Crippen MR) is 152 cm³/mol. The van der Waals surface area contributed by atoms with E-state index in [1.807, 2.05) is 18.2 Å². The van der Waals surface area contributed by atoms with Crippen molar-refractivity contribution in [3.05, 3.63) is 82.5 Å². The highest BCUT2D eigenvalue weighted by atomic mass is 19.4. The van der Waals surface area contributed by atoms with Crippen LogP contribution in [0, 0.1) is 0 Å². The molecule has 1 fully saturated rings. The van der Waals surface area contributed by atoms with Crippen LogP contribution < -0.4 is 10.1 Å². The number of hydrogen-bond acceptors (Lipinski definition) is 6. The van der Waals surface area contributed by atoms with E-state index in [1.165, 1.54) is 0 Å². The first kappa shape index (κ1) is 28.9. The monoisotopic (exact) mass is 567 g/mol. The van der Waals surface area contributed by atoms with Gasteiger partial charge in [0.2, 0.25) is 5.91 Å². The molecular weight excluding hydrogens is 531 g/mol. The molecule has 0 spiro atoms. The lowest BCUT2D eigenvalue weighted by Crippen LogP contribution is -2.45. The van der Waals surface area contributed by atoms with Gasteiger partial charge >= 0.3 is 6.18 Å². The van der Waals surface area contributed by atoms with E-state index >= 15 is 0 Å². The number of piperazine rings is 1. The van der Waals surface area contributed by atoms with Gasteiger partial charge in [-0.3, -0.25) is 9.69 Å². The number of halogens is 3. The zero-order valence-electron chi connectivity index (χ0n) is 23.5. The Hall–Kier alpha value is -3.63. The summed E-state index contributed by atoms with van der Waals surface area (Å²) < 4.78 is 48.2. The lowest BCUT2D eigenvalue weighted by atomic mass is 9.97. The average molecular weight is 568 g/mol. The van der Waals surface area contributed by atoms with Crippen molar-refractivity contribution in [3.8, 4) is 11.5 Å². The summed E-state index contributed by atoms with van der Waals surface area (Å²) in [5, 5.41) is 2.98. The topological polar surface area (TPSA) is 60.9 Å².